The number of nitrogens with one attached hydrogen (secondary N) is 1. The van der Waals surface area contributed by atoms with Crippen molar-refractivity contribution in [1.82, 2.24) is 9.88 Å². The van der Waals surface area contributed by atoms with Gasteiger partial charge in [-0.1, -0.05) is 0 Å². The molecule has 0 bridgehead atoms. The van der Waals surface area contributed by atoms with Crippen LogP contribution in [0.25, 0.3) is 0 Å². The van der Waals surface area contributed by atoms with E-state index >= 15 is 0 Å². The molecule has 2 aromatic heterocycles. The molecule has 0 aromatic carbocycles. The largest absolute Gasteiger partial charge is 0.379 e. The van der Waals surface area contributed by atoms with Crippen molar-refractivity contribution in [3.8, 4) is 0 Å². The number of ether oxygens (including phenoxy) is 1. The zero-order valence-electron chi connectivity index (χ0n) is 12.8. The molecule has 1 spiro atoms. The molecule has 1 amide bonds. The summed E-state index contributed by atoms with van der Waals surface area (Å²) in [5.74, 6) is 0.121. The normalized spacial score (nSPS) is 26.8. The summed E-state index contributed by atoms with van der Waals surface area (Å²) in [6, 6.07) is 6.10. The molecule has 6 heteroatoms. The quantitative estimate of drug-likeness (QED) is 0.940. The van der Waals surface area contributed by atoms with Crippen LogP contribution in [0.15, 0.2) is 41.4 Å². The van der Waals surface area contributed by atoms with Gasteiger partial charge >= 0.3 is 0 Å². The molecule has 0 aliphatic carbocycles. The van der Waals surface area contributed by atoms with E-state index in [-0.39, 0.29) is 17.6 Å². The van der Waals surface area contributed by atoms with Gasteiger partial charge in [0.25, 0.3) is 5.91 Å². The number of aromatic nitrogens is 1. The second kappa shape index (κ2) is 5.94. The Hall–Kier alpha value is -1.92. The molecule has 5 nitrogen and oxygen atoms in total. The molecular formula is C17H19N3O2S. The van der Waals surface area contributed by atoms with Crippen molar-refractivity contribution in [2.45, 2.75) is 24.5 Å². The second-order valence-corrected chi connectivity index (χ2v) is 7.05. The fourth-order valence-corrected chi connectivity index (χ4v) is 4.12. The Morgan fingerprint density at radius 1 is 1.48 bits per heavy atom. The smallest absolute Gasteiger partial charge is 0.254 e. The van der Waals surface area contributed by atoms with Gasteiger partial charge in [-0.05, 0) is 30.0 Å². The number of amides is 1. The van der Waals surface area contributed by atoms with Gasteiger partial charge in [0.05, 0.1) is 36.0 Å². The molecular weight excluding hydrogens is 310 g/mol. The van der Waals surface area contributed by atoms with Gasteiger partial charge in [-0.3, -0.25) is 9.78 Å². The highest BCUT2D eigenvalue weighted by molar-refractivity contribution is 7.08. The van der Waals surface area contributed by atoms with E-state index in [9.17, 15) is 4.79 Å². The van der Waals surface area contributed by atoms with E-state index in [4.69, 9.17) is 4.74 Å². The standard InChI is InChI=1S/C17H19N3O2S/c21-16(13-3-7-23-11-13)20-6-4-17(12-20)8-15(10-22-17)19-14-2-1-5-18-9-14/h1-3,5,7,9,11,15,19H,4,6,8,10,12H2. The van der Waals surface area contributed by atoms with Crippen LogP contribution in [0.2, 0.25) is 0 Å². The lowest BCUT2D eigenvalue weighted by molar-refractivity contribution is 0.0125. The van der Waals surface area contributed by atoms with Gasteiger partial charge in [0.1, 0.15) is 0 Å². The number of hydrogen-bond acceptors (Lipinski definition) is 5. The SMILES string of the molecule is O=C(c1ccsc1)N1CCC2(CC(Nc3cccnc3)CO2)C1. The fourth-order valence-electron chi connectivity index (χ4n) is 3.49. The molecule has 2 unspecified atom stereocenters. The van der Waals surface area contributed by atoms with Crippen LogP contribution < -0.4 is 5.32 Å². The summed E-state index contributed by atoms with van der Waals surface area (Å²) in [5.41, 5.74) is 1.61. The van der Waals surface area contributed by atoms with Crippen LogP contribution in [0.1, 0.15) is 23.2 Å². The number of nitrogens with zero attached hydrogens (tertiary/aromatic N) is 2. The highest BCUT2D eigenvalue weighted by Crippen LogP contribution is 2.36. The first-order chi connectivity index (χ1) is 11.2. The number of likely N-dealkylation sites (tertiary alicyclic amines) is 1. The average Bonchev–Trinajstić information content (AvgIpc) is 3.31. The molecule has 2 aromatic rings. The Balaban J connectivity index is 1.38. The highest BCUT2D eigenvalue weighted by Gasteiger charge is 2.46. The molecule has 2 saturated heterocycles. The molecule has 120 valence electrons. The third-order valence-electron chi connectivity index (χ3n) is 4.61. The Labute approximate surface area is 139 Å². The Morgan fingerprint density at radius 3 is 3.22 bits per heavy atom. The molecule has 2 atom stereocenters. The molecule has 4 heterocycles. The number of carbonyl (C=O) groups excluding carboxylic acids is 1. The van der Waals surface area contributed by atoms with Gasteiger partial charge in [0.2, 0.25) is 0 Å². The fraction of sp³-hybridized carbons (Fsp3) is 0.412. The molecule has 0 saturated carbocycles. The van der Waals surface area contributed by atoms with E-state index in [2.05, 4.69) is 10.3 Å². The lowest BCUT2D eigenvalue weighted by Crippen LogP contribution is -2.36. The molecule has 23 heavy (non-hydrogen) atoms. The minimum absolute atomic E-state index is 0.121. The number of thiophene rings is 1. The van der Waals surface area contributed by atoms with E-state index in [1.165, 1.54) is 0 Å². The van der Waals surface area contributed by atoms with Crippen molar-refractivity contribution in [2.75, 3.05) is 25.0 Å². The number of carbonyl (C=O) groups is 1. The van der Waals surface area contributed by atoms with E-state index in [1.807, 2.05) is 40.1 Å². The summed E-state index contributed by atoms with van der Waals surface area (Å²) in [7, 11) is 0. The van der Waals surface area contributed by atoms with Gasteiger partial charge in [-0.15, -0.1) is 0 Å². The van der Waals surface area contributed by atoms with Crippen LogP contribution in [0.4, 0.5) is 5.69 Å². The maximum Gasteiger partial charge on any atom is 0.254 e. The molecule has 1 N–H and O–H groups in total. The van der Waals surface area contributed by atoms with Crippen LogP contribution in [0.5, 0.6) is 0 Å². The van der Waals surface area contributed by atoms with E-state index in [0.29, 0.717) is 13.2 Å². The first-order valence-corrected chi connectivity index (χ1v) is 8.80. The number of anilines is 1. The predicted molar refractivity (Wildman–Crippen MR) is 89.8 cm³/mol. The molecule has 0 radical (unpaired) electrons. The van der Waals surface area contributed by atoms with E-state index in [1.54, 1.807) is 17.5 Å². The van der Waals surface area contributed by atoms with Crippen LogP contribution in [-0.4, -0.2) is 47.1 Å². The zero-order chi connectivity index (χ0) is 15.7. The van der Waals surface area contributed by atoms with Gasteiger partial charge < -0.3 is 15.0 Å². The number of rotatable bonds is 3. The monoisotopic (exact) mass is 329 g/mol. The summed E-state index contributed by atoms with van der Waals surface area (Å²) in [4.78, 5) is 18.5. The second-order valence-electron chi connectivity index (χ2n) is 6.27. The van der Waals surface area contributed by atoms with Crippen LogP contribution in [0, 0.1) is 0 Å². The Kier molecular flexibility index (Phi) is 3.79. The molecule has 4 rings (SSSR count). The van der Waals surface area contributed by atoms with Gasteiger partial charge in [0.15, 0.2) is 0 Å². The van der Waals surface area contributed by atoms with Crippen molar-refractivity contribution >= 4 is 22.9 Å². The number of hydrogen-bond donors (Lipinski definition) is 1. The van der Waals surface area contributed by atoms with Crippen molar-refractivity contribution in [2.24, 2.45) is 0 Å². The van der Waals surface area contributed by atoms with Crippen LogP contribution in [0.3, 0.4) is 0 Å². The third-order valence-corrected chi connectivity index (χ3v) is 5.30. The third kappa shape index (κ3) is 2.96. The summed E-state index contributed by atoms with van der Waals surface area (Å²) in [6.45, 7) is 2.14. The van der Waals surface area contributed by atoms with Crippen molar-refractivity contribution in [3.63, 3.8) is 0 Å². The molecule has 2 aliphatic rings. The van der Waals surface area contributed by atoms with Crippen molar-refractivity contribution in [3.05, 3.63) is 46.9 Å². The van der Waals surface area contributed by atoms with Crippen LogP contribution >= 0.6 is 11.3 Å². The number of pyridine rings is 1. The molecule has 2 aliphatic heterocycles. The minimum Gasteiger partial charge on any atom is -0.379 e. The summed E-state index contributed by atoms with van der Waals surface area (Å²) in [6.07, 6.45) is 5.43. The van der Waals surface area contributed by atoms with Crippen LogP contribution in [-0.2, 0) is 4.74 Å². The Bertz CT molecular complexity index is 676. The Morgan fingerprint density at radius 2 is 2.43 bits per heavy atom. The topological polar surface area (TPSA) is 54.5 Å². The lowest BCUT2D eigenvalue weighted by Gasteiger charge is -2.23. The maximum atomic E-state index is 12.5. The summed E-state index contributed by atoms with van der Waals surface area (Å²) in [5, 5.41) is 7.33. The van der Waals surface area contributed by atoms with Crippen molar-refractivity contribution in [1.29, 1.82) is 0 Å². The van der Waals surface area contributed by atoms with Gasteiger partial charge in [-0.25, -0.2) is 0 Å². The van der Waals surface area contributed by atoms with E-state index in [0.717, 1.165) is 30.6 Å². The highest BCUT2D eigenvalue weighted by atomic mass is 32.1. The first-order valence-electron chi connectivity index (χ1n) is 7.86. The average molecular weight is 329 g/mol. The van der Waals surface area contributed by atoms with E-state index < -0.39 is 0 Å². The first kappa shape index (κ1) is 14.7. The molecule has 2 fully saturated rings. The predicted octanol–water partition coefficient (Wildman–Crippen LogP) is 2.63. The maximum absolute atomic E-state index is 12.5. The summed E-state index contributed by atoms with van der Waals surface area (Å²) < 4.78 is 6.11. The lowest BCUT2D eigenvalue weighted by atomic mass is 9.97. The minimum atomic E-state index is -0.189. The van der Waals surface area contributed by atoms with Gasteiger partial charge in [0, 0.05) is 30.7 Å². The van der Waals surface area contributed by atoms with Crippen molar-refractivity contribution < 1.29 is 9.53 Å². The van der Waals surface area contributed by atoms with Gasteiger partial charge in [-0.2, -0.15) is 11.3 Å². The zero-order valence-corrected chi connectivity index (χ0v) is 13.6. The summed E-state index contributed by atoms with van der Waals surface area (Å²) >= 11 is 1.56.